The molecule has 0 spiro atoms. The van der Waals surface area contributed by atoms with Crippen molar-refractivity contribution < 1.29 is 0 Å². The van der Waals surface area contributed by atoms with Crippen LogP contribution in [0.15, 0.2) is 77.5 Å². The largest absolute Gasteiger partial charge is 0.307 e. The van der Waals surface area contributed by atoms with Crippen LogP contribution in [0.4, 0.5) is 0 Å². The average molecular weight is 320 g/mol. The fraction of sp³-hybridized carbons (Fsp3) is 0.227. The highest BCUT2D eigenvalue weighted by Gasteiger charge is 2.00. The summed E-state index contributed by atoms with van der Waals surface area (Å²) in [5, 5.41) is 5.87. The average Bonchev–Trinajstić information content (AvgIpc) is 2.62. The Kier molecular flexibility index (Phi) is 9.10. The highest BCUT2D eigenvalue weighted by Crippen LogP contribution is 2.06. The van der Waals surface area contributed by atoms with Crippen LogP contribution < -0.4 is 15.8 Å². The Morgan fingerprint density at radius 3 is 2.54 bits per heavy atom. The van der Waals surface area contributed by atoms with Crippen molar-refractivity contribution in [1.82, 2.24) is 5.32 Å². The first-order chi connectivity index (χ1) is 11.7. The molecule has 0 bridgehead atoms. The molecule has 0 aromatic heterocycles. The van der Waals surface area contributed by atoms with Gasteiger partial charge in [-0.25, -0.2) is 0 Å². The van der Waals surface area contributed by atoms with E-state index in [0.29, 0.717) is 6.54 Å². The normalized spacial score (nSPS) is 14.9. The van der Waals surface area contributed by atoms with Crippen LogP contribution in [-0.2, 0) is 0 Å². The van der Waals surface area contributed by atoms with Gasteiger partial charge in [0.1, 0.15) is 0 Å². The molecule has 24 heavy (non-hydrogen) atoms. The van der Waals surface area contributed by atoms with E-state index in [-0.39, 0.29) is 0 Å². The summed E-state index contributed by atoms with van der Waals surface area (Å²) in [6.45, 7) is 15.1. The van der Waals surface area contributed by atoms with Gasteiger partial charge in [0.15, 0.2) is 0 Å². The second-order valence-corrected chi connectivity index (χ2v) is 5.38. The standard InChI is InChI=1S/C22H28N2/c1-6-9-10-13-18(4)22(23-5)17-24-16-20(8-3)21-15-12-11-14-19(21)7-2/h6-15,24H,3,5,16-17H2,1-2,4H3/b9-6-,13-10-,19-7-,21-20+,22-18+. The zero-order chi connectivity index (χ0) is 17.8. The van der Waals surface area contributed by atoms with Crippen LogP contribution in [0.2, 0.25) is 0 Å². The number of nitrogens with one attached hydrogen (secondary N) is 1. The van der Waals surface area contributed by atoms with E-state index in [1.807, 2.05) is 44.2 Å². The lowest BCUT2D eigenvalue weighted by molar-refractivity contribution is 0.812. The summed E-state index contributed by atoms with van der Waals surface area (Å²) < 4.78 is 0. The van der Waals surface area contributed by atoms with Gasteiger partial charge in [0, 0.05) is 13.1 Å². The van der Waals surface area contributed by atoms with Crippen LogP contribution in [0.25, 0.3) is 11.6 Å². The molecule has 1 aromatic rings. The number of hydrogen-bond acceptors (Lipinski definition) is 2. The Labute approximate surface area is 146 Å². The topological polar surface area (TPSA) is 24.4 Å². The molecule has 0 unspecified atom stereocenters. The van der Waals surface area contributed by atoms with E-state index in [9.17, 15) is 0 Å². The third kappa shape index (κ3) is 5.98. The summed E-state index contributed by atoms with van der Waals surface area (Å²) >= 11 is 0. The molecular weight excluding hydrogens is 292 g/mol. The van der Waals surface area contributed by atoms with Crippen molar-refractivity contribution in [3.05, 3.63) is 82.9 Å². The summed E-state index contributed by atoms with van der Waals surface area (Å²) in [5.41, 5.74) is 3.24. The highest BCUT2D eigenvalue weighted by atomic mass is 14.9. The van der Waals surface area contributed by atoms with Gasteiger partial charge in [-0.3, -0.25) is 4.99 Å². The van der Waals surface area contributed by atoms with Crippen LogP contribution in [0.5, 0.6) is 0 Å². The van der Waals surface area contributed by atoms with Gasteiger partial charge in [-0.1, -0.05) is 67.3 Å². The van der Waals surface area contributed by atoms with Crippen molar-refractivity contribution >= 4 is 18.4 Å². The van der Waals surface area contributed by atoms with Crippen molar-refractivity contribution in [3.8, 4) is 0 Å². The van der Waals surface area contributed by atoms with Crippen LogP contribution in [0.1, 0.15) is 20.8 Å². The molecule has 1 rings (SSSR count). The van der Waals surface area contributed by atoms with Crippen LogP contribution in [0, 0.1) is 0 Å². The third-order valence-corrected chi connectivity index (χ3v) is 3.77. The minimum atomic E-state index is 0.671. The third-order valence-electron chi connectivity index (χ3n) is 3.77. The summed E-state index contributed by atoms with van der Waals surface area (Å²) in [6, 6.07) is 8.35. The minimum Gasteiger partial charge on any atom is -0.307 e. The van der Waals surface area contributed by atoms with E-state index in [4.69, 9.17) is 0 Å². The number of allylic oxidation sites excluding steroid dienone is 5. The quantitative estimate of drug-likeness (QED) is 0.575. The van der Waals surface area contributed by atoms with Crippen molar-refractivity contribution in [2.24, 2.45) is 4.99 Å². The summed E-state index contributed by atoms with van der Waals surface area (Å²) in [7, 11) is 0. The monoisotopic (exact) mass is 320 g/mol. The second-order valence-electron chi connectivity index (χ2n) is 5.38. The second kappa shape index (κ2) is 11.1. The molecule has 1 N–H and O–H groups in total. The predicted molar refractivity (Wildman–Crippen MR) is 109 cm³/mol. The molecule has 126 valence electrons. The lowest BCUT2D eigenvalue weighted by Crippen LogP contribution is -2.30. The highest BCUT2D eigenvalue weighted by molar-refractivity contribution is 5.58. The Balaban J connectivity index is 2.93. The fourth-order valence-corrected chi connectivity index (χ4v) is 2.36. The van der Waals surface area contributed by atoms with Crippen molar-refractivity contribution in [2.75, 3.05) is 13.1 Å². The Hall–Kier alpha value is -2.45. The minimum absolute atomic E-state index is 0.671. The summed E-state index contributed by atoms with van der Waals surface area (Å²) in [5.74, 6) is 0. The predicted octanol–water partition coefficient (Wildman–Crippen LogP) is 3.52. The fourth-order valence-electron chi connectivity index (χ4n) is 2.36. The smallest absolute Gasteiger partial charge is 0.0563 e. The van der Waals surface area contributed by atoms with Gasteiger partial charge in [-0.2, -0.15) is 0 Å². The molecule has 2 heteroatoms. The number of aliphatic imine (C=N–C) groups is 1. The Morgan fingerprint density at radius 1 is 1.17 bits per heavy atom. The van der Waals surface area contributed by atoms with E-state index >= 15 is 0 Å². The van der Waals surface area contributed by atoms with Crippen molar-refractivity contribution in [3.63, 3.8) is 0 Å². The lowest BCUT2D eigenvalue weighted by atomic mass is 10.1. The van der Waals surface area contributed by atoms with Crippen LogP contribution >= 0.6 is 0 Å². The number of benzene rings is 1. The van der Waals surface area contributed by atoms with Gasteiger partial charge in [0.05, 0.1) is 5.70 Å². The maximum atomic E-state index is 4.15. The van der Waals surface area contributed by atoms with Crippen molar-refractivity contribution in [2.45, 2.75) is 20.8 Å². The van der Waals surface area contributed by atoms with Crippen molar-refractivity contribution in [1.29, 1.82) is 0 Å². The van der Waals surface area contributed by atoms with Crippen LogP contribution in [-0.4, -0.2) is 19.8 Å². The molecule has 0 aliphatic rings. The van der Waals surface area contributed by atoms with E-state index in [1.54, 1.807) is 0 Å². The number of rotatable bonds is 8. The molecule has 0 radical (unpaired) electrons. The first-order valence-corrected chi connectivity index (χ1v) is 8.21. The first kappa shape index (κ1) is 19.6. The lowest BCUT2D eigenvalue weighted by Gasteiger charge is -2.08. The van der Waals surface area contributed by atoms with Gasteiger partial charge in [0.2, 0.25) is 0 Å². The molecule has 0 aliphatic heterocycles. The summed E-state index contributed by atoms with van der Waals surface area (Å²) in [4.78, 5) is 4.15. The van der Waals surface area contributed by atoms with E-state index < -0.39 is 0 Å². The van der Waals surface area contributed by atoms with Gasteiger partial charge >= 0.3 is 0 Å². The Morgan fingerprint density at radius 2 is 1.92 bits per heavy atom. The first-order valence-electron chi connectivity index (χ1n) is 8.21. The number of hydrogen-bond donors (Lipinski definition) is 1. The SMILES string of the molecule is C=C/C(CNC\C(N=C)=C(C)/C=C\C=C/C)=c1/cccc/c1=C/C. The molecule has 2 nitrogen and oxygen atoms in total. The van der Waals surface area contributed by atoms with E-state index in [2.05, 4.69) is 60.9 Å². The van der Waals surface area contributed by atoms with Gasteiger partial charge in [-0.05, 0) is 49.1 Å². The zero-order valence-electron chi connectivity index (χ0n) is 15.0. The summed E-state index contributed by atoms with van der Waals surface area (Å²) in [6.07, 6.45) is 12.1. The van der Waals surface area contributed by atoms with Gasteiger partial charge < -0.3 is 5.32 Å². The van der Waals surface area contributed by atoms with Gasteiger partial charge in [0.25, 0.3) is 0 Å². The maximum absolute atomic E-state index is 4.15. The molecular formula is C22H28N2. The zero-order valence-corrected chi connectivity index (χ0v) is 15.0. The van der Waals surface area contributed by atoms with Crippen LogP contribution in [0.3, 0.4) is 0 Å². The molecule has 0 saturated heterocycles. The molecule has 0 fully saturated rings. The molecule has 0 amide bonds. The molecule has 1 aromatic carbocycles. The maximum Gasteiger partial charge on any atom is 0.0563 e. The van der Waals surface area contributed by atoms with E-state index in [1.165, 1.54) is 16.0 Å². The van der Waals surface area contributed by atoms with E-state index in [0.717, 1.165) is 17.8 Å². The number of nitrogens with zero attached hydrogens (tertiary/aromatic N) is 1. The Bertz CT molecular complexity index is 761. The molecule has 0 atom stereocenters. The van der Waals surface area contributed by atoms with Gasteiger partial charge in [-0.15, -0.1) is 0 Å². The molecule has 0 aliphatic carbocycles. The molecule has 0 heterocycles. The molecule has 0 saturated carbocycles.